The number of fused-ring (bicyclic) bond motifs is 3. The van der Waals surface area contributed by atoms with Gasteiger partial charge >= 0.3 is 0 Å². The van der Waals surface area contributed by atoms with Gasteiger partial charge in [-0.2, -0.15) is 0 Å². The van der Waals surface area contributed by atoms with Crippen molar-refractivity contribution in [3.05, 3.63) is 62.5 Å². The first-order valence-corrected chi connectivity index (χ1v) is 9.86. The number of aryl methyl sites for hydroxylation is 2. The zero-order valence-corrected chi connectivity index (χ0v) is 15.4. The number of H-pyrrole nitrogens is 1. The molecule has 130 valence electrons. The second-order valence-electron chi connectivity index (χ2n) is 6.69. The molecule has 0 unspecified atom stereocenters. The van der Waals surface area contributed by atoms with Crippen molar-refractivity contribution in [1.82, 2.24) is 14.9 Å². The van der Waals surface area contributed by atoms with Crippen molar-refractivity contribution in [1.29, 1.82) is 0 Å². The van der Waals surface area contributed by atoms with Crippen molar-refractivity contribution in [3.63, 3.8) is 0 Å². The number of thiophene rings is 1. The van der Waals surface area contributed by atoms with E-state index < -0.39 is 0 Å². The number of nitrogens with zero attached hydrogens (tertiary/aromatic N) is 2. The lowest BCUT2D eigenvalue weighted by Crippen LogP contribution is -2.25. The first-order valence-electron chi connectivity index (χ1n) is 9.04. The fraction of sp³-hybridized carbons (Fsp3) is 0.400. The van der Waals surface area contributed by atoms with Gasteiger partial charge in [-0.25, -0.2) is 4.98 Å². The molecule has 1 aromatic carbocycles. The molecule has 25 heavy (non-hydrogen) atoms. The van der Waals surface area contributed by atoms with Crippen molar-refractivity contribution < 1.29 is 0 Å². The van der Waals surface area contributed by atoms with Crippen LogP contribution in [0.5, 0.6) is 0 Å². The van der Waals surface area contributed by atoms with Gasteiger partial charge in [0.2, 0.25) is 0 Å². The Morgan fingerprint density at radius 1 is 1.16 bits per heavy atom. The lowest BCUT2D eigenvalue weighted by molar-refractivity contribution is 0.264. The molecule has 2 heterocycles. The van der Waals surface area contributed by atoms with Crippen molar-refractivity contribution in [2.45, 2.75) is 45.7 Å². The van der Waals surface area contributed by atoms with E-state index in [1.54, 1.807) is 11.3 Å². The molecule has 0 saturated heterocycles. The molecule has 2 aromatic heterocycles. The summed E-state index contributed by atoms with van der Waals surface area (Å²) in [6, 6.07) is 10.4. The van der Waals surface area contributed by atoms with Gasteiger partial charge in [0.25, 0.3) is 5.56 Å². The Bertz CT molecular complexity index is 929. The Balaban J connectivity index is 1.61. The van der Waals surface area contributed by atoms with Crippen molar-refractivity contribution >= 4 is 21.6 Å². The minimum absolute atomic E-state index is 0.0372. The maximum Gasteiger partial charge on any atom is 0.259 e. The number of rotatable bonds is 5. The number of nitrogens with one attached hydrogen (secondary N) is 1. The molecule has 1 aliphatic rings. The normalized spacial score (nSPS) is 14.2. The van der Waals surface area contributed by atoms with Crippen LogP contribution >= 0.6 is 11.3 Å². The third kappa shape index (κ3) is 3.39. The molecule has 1 N–H and O–H groups in total. The maximum absolute atomic E-state index is 12.7. The first kappa shape index (κ1) is 16.5. The van der Waals surface area contributed by atoms with Gasteiger partial charge in [0.15, 0.2) is 0 Å². The molecule has 0 atom stereocenters. The molecule has 4 nitrogen and oxygen atoms in total. The largest absolute Gasteiger partial charge is 0.309 e. The van der Waals surface area contributed by atoms with E-state index in [1.165, 1.54) is 28.8 Å². The van der Waals surface area contributed by atoms with E-state index in [0.29, 0.717) is 6.54 Å². The van der Waals surface area contributed by atoms with Gasteiger partial charge in [-0.15, -0.1) is 11.3 Å². The van der Waals surface area contributed by atoms with Crippen LogP contribution in [0.4, 0.5) is 0 Å². The fourth-order valence-corrected chi connectivity index (χ4v) is 4.90. The van der Waals surface area contributed by atoms with E-state index >= 15 is 0 Å². The maximum atomic E-state index is 12.7. The number of aromatic nitrogens is 2. The van der Waals surface area contributed by atoms with E-state index in [-0.39, 0.29) is 5.56 Å². The van der Waals surface area contributed by atoms with Crippen molar-refractivity contribution in [2.24, 2.45) is 0 Å². The minimum atomic E-state index is 0.0372. The highest BCUT2D eigenvalue weighted by molar-refractivity contribution is 7.18. The average Bonchev–Trinajstić information content (AvgIpc) is 3.00. The summed E-state index contributed by atoms with van der Waals surface area (Å²) in [5.74, 6) is 0.772. The molecular formula is C20H23N3OS. The Labute approximate surface area is 151 Å². The molecule has 0 amide bonds. The summed E-state index contributed by atoms with van der Waals surface area (Å²) in [4.78, 5) is 25.1. The van der Waals surface area contributed by atoms with Crippen LogP contribution in [0.3, 0.4) is 0 Å². The highest BCUT2D eigenvalue weighted by Crippen LogP contribution is 2.33. The predicted molar refractivity (Wildman–Crippen MR) is 103 cm³/mol. The summed E-state index contributed by atoms with van der Waals surface area (Å²) in [6.07, 6.45) is 4.53. The van der Waals surface area contributed by atoms with Crippen LogP contribution in [0, 0.1) is 0 Å². The van der Waals surface area contributed by atoms with Gasteiger partial charge in [-0.3, -0.25) is 9.69 Å². The van der Waals surface area contributed by atoms with E-state index in [9.17, 15) is 4.79 Å². The molecule has 0 bridgehead atoms. The van der Waals surface area contributed by atoms with Gasteiger partial charge in [-0.1, -0.05) is 37.3 Å². The zero-order chi connectivity index (χ0) is 17.2. The van der Waals surface area contributed by atoms with E-state index in [4.69, 9.17) is 4.98 Å². The quantitative estimate of drug-likeness (QED) is 0.757. The third-order valence-corrected chi connectivity index (χ3v) is 6.13. The molecule has 0 saturated carbocycles. The Morgan fingerprint density at radius 2 is 1.96 bits per heavy atom. The summed E-state index contributed by atoms with van der Waals surface area (Å²) in [5.41, 5.74) is 2.57. The zero-order valence-electron chi connectivity index (χ0n) is 14.5. The average molecular weight is 353 g/mol. The SMILES string of the molecule is CCN(Cc1ccccc1)Cc1nc2sc3c(c2c(=O)[nH]1)CCCC3. The topological polar surface area (TPSA) is 49.0 Å². The summed E-state index contributed by atoms with van der Waals surface area (Å²) in [6.45, 7) is 4.58. The lowest BCUT2D eigenvalue weighted by atomic mass is 9.97. The molecule has 1 aliphatic carbocycles. The number of hydrogen-bond donors (Lipinski definition) is 1. The van der Waals surface area contributed by atoms with E-state index in [2.05, 4.69) is 41.1 Å². The second kappa shape index (κ2) is 7.10. The lowest BCUT2D eigenvalue weighted by Gasteiger charge is -2.19. The summed E-state index contributed by atoms with van der Waals surface area (Å²) < 4.78 is 0. The monoisotopic (exact) mass is 353 g/mol. The van der Waals surface area contributed by atoms with E-state index in [0.717, 1.165) is 42.0 Å². The molecule has 0 aliphatic heterocycles. The van der Waals surface area contributed by atoms with Gasteiger partial charge in [0, 0.05) is 11.4 Å². The number of benzene rings is 1. The molecule has 3 aromatic rings. The molecule has 5 heteroatoms. The fourth-order valence-electron chi connectivity index (χ4n) is 3.62. The highest BCUT2D eigenvalue weighted by Gasteiger charge is 2.20. The second-order valence-corrected chi connectivity index (χ2v) is 7.78. The van der Waals surface area contributed by atoms with Crippen LogP contribution in [0.1, 0.15) is 41.6 Å². The summed E-state index contributed by atoms with van der Waals surface area (Å²) in [7, 11) is 0. The molecule has 0 fully saturated rings. The van der Waals surface area contributed by atoms with Gasteiger partial charge in [0.05, 0.1) is 11.9 Å². The third-order valence-electron chi connectivity index (χ3n) is 4.94. The van der Waals surface area contributed by atoms with Gasteiger partial charge in [-0.05, 0) is 43.4 Å². The molecule has 0 radical (unpaired) electrons. The smallest absolute Gasteiger partial charge is 0.259 e. The Morgan fingerprint density at radius 3 is 2.76 bits per heavy atom. The van der Waals surface area contributed by atoms with Crippen LogP contribution in [0.15, 0.2) is 35.1 Å². The van der Waals surface area contributed by atoms with Crippen LogP contribution < -0.4 is 5.56 Å². The predicted octanol–water partition coefficient (Wildman–Crippen LogP) is 3.89. The van der Waals surface area contributed by atoms with Crippen LogP contribution in [-0.2, 0) is 25.9 Å². The molecular weight excluding hydrogens is 330 g/mol. The Hall–Kier alpha value is -1.98. The number of hydrogen-bond acceptors (Lipinski definition) is 4. The molecule has 4 rings (SSSR count). The number of aromatic amines is 1. The highest BCUT2D eigenvalue weighted by atomic mass is 32.1. The van der Waals surface area contributed by atoms with Gasteiger partial charge in [0.1, 0.15) is 10.7 Å². The Kier molecular flexibility index (Phi) is 4.68. The van der Waals surface area contributed by atoms with Crippen molar-refractivity contribution in [3.8, 4) is 0 Å². The van der Waals surface area contributed by atoms with Crippen molar-refractivity contribution in [2.75, 3.05) is 6.54 Å². The standard InChI is InChI=1S/C20H23N3OS/c1-2-23(12-14-8-4-3-5-9-14)13-17-21-19(24)18-15-10-6-7-11-16(15)25-20(18)22-17/h3-5,8-9H,2,6-7,10-13H2,1H3,(H,21,22,24). The van der Waals surface area contributed by atoms with Crippen LogP contribution in [0.2, 0.25) is 0 Å². The minimum Gasteiger partial charge on any atom is -0.309 e. The van der Waals surface area contributed by atoms with Crippen LogP contribution in [-0.4, -0.2) is 21.4 Å². The van der Waals surface area contributed by atoms with E-state index in [1.807, 2.05) is 6.07 Å². The summed E-state index contributed by atoms with van der Waals surface area (Å²) >= 11 is 1.72. The summed E-state index contributed by atoms with van der Waals surface area (Å²) in [5, 5.41) is 0.842. The van der Waals surface area contributed by atoms with Gasteiger partial charge < -0.3 is 4.98 Å². The first-order chi connectivity index (χ1) is 12.2. The van der Waals surface area contributed by atoms with Crippen LogP contribution in [0.25, 0.3) is 10.2 Å². The molecule has 0 spiro atoms.